The van der Waals surface area contributed by atoms with Gasteiger partial charge in [-0.1, -0.05) is 83.9 Å². The van der Waals surface area contributed by atoms with Crippen molar-refractivity contribution in [3.8, 4) is 0 Å². The molecule has 188 valence electrons. The van der Waals surface area contributed by atoms with E-state index >= 15 is 0 Å². The van der Waals surface area contributed by atoms with Crippen LogP contribution in [0.4, 0.5) is 11.4 Å². The Morgan fingerprint density at radius 2 is 1.58 bits per heavy atom. The van der Waals surface area contributed by atoms with Crippen LogP contribution in [0.2, 0.25) is 5.02 Å². The molecule has 0 saturated carbocycles. The van der Waals surface area contributed by atoms with Crippen molar-refractivity contribution in [1.29, 1.82) is 0 Å². The van der Waals surface area contributed by atoms with Gasteiger partial charge in [0.25, 0.3) is 5.91 Å². The molecule has 2 atom stereocenters. The third kappa shape index (κ3) is 4.42. The molecule has 0 bridgehead atoms. The summed E-state index contributed by atoms with van der Waals surface area (Å²) in [5, 5.41) is 4.24. The number of anilines is 2. The highest BCUT2D eigenvalue weighted by atomic mass is 35.5. The summed E-state index contributed by atoms with van der Waals surface area (Å²) in [6.45, 7) is 2.03. The third-order valence-corrected chi connectivity index (χ3v) is 7.68. The van der Waals surface area contributed by atoms with Gasteiger partial charge >= 0.3 is 0 Å². The number of para-hydroxylation sites is 2. The van der Waals surface area contributed by atoms with Crippen molar-refractivity contribution in [1.82, 2.24) is 0 Å². The molecule has 4 aromatic rings. The van der Waals surface area contributed by atoms with Gasteiger partial charge in [0, 0.05) is 28.3 Å². The Bertz CT molecular complexity index is 1560. The Kier molecular flexibility index (Phi) is 6.34. The number of nitrogens with one attached hydrogen (secondary N) is 1. The molecule has 0 aromatic heterocycles. The van der Waals surface area contributed by atoms with Gasteiger partial charge in [0.1, 0.15) is 0 Å². The number of Topliss-reactive ketones (excluding diaryl/α,β-unsaturated/α-hetero) is 1. The van der Waals surface area contributed by atoms with Crippen molar-refractivity contribution >= 4 is 34.7 Å². The van der Waals surface area contributed by atoms with Gasteiger partial charge in [-0.3, -0.25) is 14.5 Å². The number of hydrogen-bond acceptors (Lipinski definition) is 3. The lowest BCUT2D eigenvalue weighted by atomic mass is 9.78. The number of allylic oxidation sites excluding steroid dienone is 1. The number of halogens is 1. The summed E-state index contributed by atoms with van der Waals surface area (Å²) in [6.07, 6.45) is 0.998. The fraction of sp³-hybridized carbons (Fsp3) is 0.152. The Morgan fingerprint density at radius 1 is 0.842 bits per heavy atom. The molecule has 4 nitrogen and oxygen atoms in total. The molecule has 1 N–H and O–H groups in total. The van der Waals surface area contributed by atoms with E-state index in [1.165, 1.54) is 0 Å². The third-order valence-electron chi connectivity index (χ3n) is 7.44. The van der Waals surface area contributed by atoms with Crippen LogP contribution < -0.4 is 10.2 Å². The van der Waals surface area contributed by atoms with Crippen LogP contribution in [-0.2, 0) is 4.79 Å². The van der Waals surface area contributed by atoms with Gasteiger partial charge in [-0.25, -0.2) is 0 Å². The first-order valence-corrected chi connectivity index (χ1v) is 13.2. The van der Waals surface area contributed by atoms with Crippen LogP contribution in [0, 0.1) is 6.92 Å². The van der Waals surface area contributed by atoms with Crippen molar-refractivity contribution in [2.45, 2.75) is 31.7 Å². The fourth-order valence-corrected chi connectivity index (χ4v) is 5.79. The summed E-state index contributed by atoms with van der Waals surface area (Å²) < 4.78 is 0. The number of hydrogen-bond donors (Lipinski definition) is 1. The first-order chi connectivity index (χ1) is 18.5. The molecular formula is C33H27ClN2O2. The molecule has 0 radical (unpaired) electrons. The molecule has 1 heterocycles. The zero-order valence-corrected chi connectivity index (χ0v) is 21.8. The van der Waals surface area contributed by atoms with Gasteiger partial charge < -0.3 is 5.32 Å². The lowest BCUT2D eigenvalue weighted by Crippen LogP contribution is -2.38. The van der Waals surface area contributed by atoms with E-state index in [2.05, 4.69) is 5.32 Å². The maximum atomic E-state index is 14.2. The quantitative estimate of drug-likeness (QED) is 0.300. The number of carbonyl (C=O) groups excluding carboxylic acids is 2. The molecule has 0 unspecified atom stereocenters. The van der Waals surface area contributed by atoms with Crippen LogP contribution in [0.1, 0.15) is 51.8 Å². The van der Waals surface area contributed by atoms with Gasteiger partial charge in [-0.15, -0.1) is 0 Å². The predicted octanol–water partition coefficient (Wildman–Crippen LogP) is 7.86. The number of rotatable bonds is 3. The summed E-state index contributed by atoms with van der Waals surface area (Å²) in [4.78, 5) is 30.1. The first-order valence-electron chi connectivity index (χ1n) is 12.8. The first kappa shape index (κ1) is 24.2. The number of amides is 1. The Balaban J connectivity index is 1.56. The number of ketones is 1. The van der Waals surface area contributed by atoms with Gasteiger partial charge in [-0.05, 0) is 66.8 Å². The molecular weight excluding hydrogens is 492 g/mol. The molecule has 38 heavy (non-hydrogen) atoms. The SMILES string of the molecule is Cc1ccc([C@@H]2C3=C(C[C@H](c4cccc(Cl)c4)CC3=O)Nc3ccccc3N2C(=O)c2ccccc2)cc1. The summed E-state index contributed by atoms with van der Waals surface area (Å²) in [5.74, 6) is -0.119. The van der Waals surface area contributed by atoms with E-state index in [1.54, 1.807) is 4.90 Å². The lowest BCUT2D eigenvalue weighted by Gasteiger charge is -2.35. The van der Waals surface area contributed by atoms with Crippen LogP contribution in [-0.4, -0.2) is 11.7 Å². The highest BCUT2D eigenvalue weighted by molar-refractivity contribution is 6.30. The average Bonchev–Trinajstić information content (AvgIpc) is 3.08. The normalized spacial score (nSPS) is 18.8. The largest absolute Gasteiger partial charge is 0.357 e. The van der Waals surface area contributed by atoms with E-state index in [0.717, 1.165) is 33.8 Å². The maximum absolute atomic E-state index is 14.2. The summed E-state index contributed by atoms with van der Waals surface area (Å²) in [5.41, 5.74) is 6.68. The van der Waals surface area contributed by atoms with E-state index in [4.69, 9.17) is 11.6 Å². The van der Waals surface area contributed by atoms with E-state index in [-0.39, 0.29) is 17.6 Å². The van der Waals surface area contributed by atoms with E-state index in [9.17, 15) is 9.59 Å². The zero-order chi connectivity index (χ0) is 26.2. The van der Waals surface area contributed by atoms with Gasteiger partial charge in [0.15, 0.2) is 5.78 Å². The standard InChI is InChI=1S/C33H27ClN2O2/c1-21-14-16-22(17-15-21)32-31-28(19-25(20-30(31)37)24-10-7-11-26(34)18-24)35-27-12-5-6-13-29(27)36(32)33(38)23-8-3-2-4-9-23/h2-18,25,32,35H,19-20H2,1H3/t25-,32+/m0/s1. The minimum absolute atomic E-state index is 0.00495. The van der Waals surface area contributed by atoms with Crippen LogP contribution in [0.15, 0.2) is 114 Å². The number of carbonyl (C=O) groups is 2. The van der Waals surface area contributed by atoms with Crippen molar-refractivity contribution in [2.24, 2.45) is 0 Å². The molecule has 1 amide bonds. The van der Waals surface area contributed by atoms with E-state index in [1.807, 2.05) is 110 Å². The van der Waals surface area contributed by atoms with Crippen molar-refractivity contribution in [3.05, 3.63) is 142 Å². The number of benzene rings is 4. The fourth-order valence-electron chi connectivity index (χ4n) is 5.59. The summed E-state index contributed by atoms with van der Waals surface area (Å²) in [6, 6.07) is 32.4. The second-order valence-electron chi connectivity index (χ2n) is 9.97. The zero-order valence-electron chi connectivity index (χ0n) is 21.0. The van der Waals surface area contributed by atoms with Crippen molar-refractivity contribution < 1.29 is 9.59 Å². The Hall–Kier alpha value is -4.15. The van der Waals surface area contributed by atoms with Crippen LogP contribution in [0.5, 0.6) is 0 Å². The molecule has 1 aliphatic carbocycles. The summed E-state index contributed by atoms with van der Waals surface area (Å²) in [7, 11) is 0. The molecule has 2 aliphatic rings. The predicted molar refractivity (Wildman–Crippen MR) is 153 cm³/mol. The van der Waals surface area contributed by atoms with Gasteiger partial charge in [0.05, 0.1) is 17.4 Å². The average molecular weight is 519 g/mol. The smallest absolute Gasteiger partial charge is 0.259 e. The Morgan fingerprint density at radius 3 is 2.34 bits per heavy atom. The van der Waals surface area contributed by atoms with Gasteiger partial charge in [0.2, 0.25) is 0 Å². The number of fused-ring (bicyclic) bond motifs is 1. The van der Waals surface area contributed by atoms with Gasteiger partial charge in [-0.2, -0.15) is 0 Å². The molecule has 4 aromatic carbocycles. The molecule has 6 rings (SSSR count). The topological polar surface area (TPSA) is 49.4 Å². The minimum Gasteiger partial charge on any atom is -0.357 e. The van der Waals surface area contributed by atoms with E-state index in [0.29, 0.717) is 29.0 Å². The highest BCUT2D eigenvalue weighted by Crippen LogP contribution is 2.48. The molecule has 5 heteroatoms. The van der Waals surface area contributed by atoms with Crippen LogP contribution >= 0.6 is 11.6 Å². The second kappa shape index (κ2) is 9.96. The Labute approximate surface area is 227 Å². The summed E-state index contributed by atoms with van der Waals surface area (Å²) >= 11 is 6.30. The van der Waals surface area contributed by atoms with Crippen molar-refractivity contribution in [3.63, 3.8) is 0 Å². The lowest BCUT2D eigenvalue weighted by molar-refractivity contribution is -0.116. The molecule has 1 aliphatic heterocycles. The number of nitrogens with zero attached hydrogens (tertiary/aromatic N) is 1. The molecule has 0 spiro atoms. The highest BCUT2D eigenvalue weighted by Gasteiger charge is 2.41. The van der Waals surface area contributed by atoms with Crippen LogP contribution in [0.3, 0.4) is 0 Å². The monoisotopic (exact) mass is 518 g/mol. The maximum Gasteiger partial charge on any atom is 0.259 e. The van der Waals surface area contributed by atoms with Crippen molar-refractivity contribution in [2.75, 3.05) is 10.2 Å². The molecule has 0 fully saturated rings. The van der Waals surface area contributed by atoms with Crippen LogP contribution in [0.25, 0.3) is 0 Å². The minimum atomic E-state index is -0.567. The van der Waals surface area contributed by atoms with E-state index < -0.39 is 6.04 Å². The second-order valence-corrected chi connectivity index (χ2v) is 10.4. The number of aryl methyl sites for hydroxylation is 1. The molecule has 0 saturated heterocycles.